The van der Waals surface area contributed by atoms with Crippen LogP contribution in [0.3, 0.4) is 0 Å². The summed E-state index contributed by atoms with van der Waals surface area (Å²) in [7, 11) is 0. The highest BCUT2D eigenvalue weighted by molar-refractivity contribution is 6.00. The van der Waals surface area contributed by atoms with Gasteiger partial charge in [0, 0.05) is 44.8 Å². The molecule has 1 aromatic rings. The highest BCUT2D eigenvalue weighted by atomic mass is 16.2. The van der Waals surface area contributed by atoms with Gasteiger partial charge >= 0.3 is 6.03 Å². The Kier molecular flexibility index (Phi) is 5.44. The molecule has 0 saturated carbocycles. The Morgan fingerprint density at radius 3 is 2.62 bits per heavy atom. The van der Waals surface area contributed by atoms with Gasteiger partial charge in [0.05, 0.1) is 5.92 Å². The van der Waals surface area contributed by atoms with Gasteiger partial charge in [-0.15, -0.1) is 0 Å². The number of hydrogen-bond donors (Lipinski definition) is 2. The van der Waals surface area contributed by atoms with Crippen molar-refractivity contribution in [2.24, 2.45) is 5.92 Å². The van der Waals surface area contributed by atoms with Gasteiger partial charge in [0.1, 0.15) is 0 Å². The lowest BCUT2D eigenvalue weighted by Crippen LogP contribution is -2.39. The van der Waals surface area contributed by atoms with E-state index in [1.165, 1.54) is 5.56 Å². The molecule has 0 bridgehead atoms. The summed E-state index contributed by atoms with van der Waals surface area (Å²) >= 11 is 0. The Bertz CT molecular complexity index is 687. The van der Waals surface area contributed by atoms with Gasteiger partial charge in [0.2, 0.25) is 11.8 Å². The second-order valence-corrected chi connectivity index (χ2v) is 7.16. The van der Waals surface area contributed by atoms with Crippen LogP contribution in [0.15, 0.2) is 24.3 Å². The standard InChI is InChI=1S/C19H26N4O3/c1-13(2)14-3-5-16(6-4-14)23-12-15(11-17(23)24)18(25)20-7-9-22-10-8-21-19(22)26/h3-6,13,15H,7-12H2,1-2H3,(H,20,25)(H,21,26)/t15-/m0/s1. The summed E-state index contributed by atoms with van der Waals surface area (Å²) in [6, 6.07) is 7.86. The maximum absolute atomic E-state index is 12.4. The van der Waals surface area contributed by atoms with Gasteiger partial charge in [-0.2, -0.15) is 0 Å². The number of nitrogens with one attached hydrogen (secondary N) is 2. The summed E-state index contributed by atoms with van der Waals surface area (Å²) < 4.78 is 0. The van der Waals surface area contributed by atoms with Crippen LogP contribution in [0.1, 0.15) is 31.7 Å². The fourth-order valence-electron chi connectivity index (χ4n) is 3.35. The number of benzene rings is 1. The smallest absolute Gasteiger partial charge is 0.317 e. The van der Waals surface area contributed by atoms with Crippen molar-refractivity contribution in [2.45, 2.75) is 26.2 Å². The minimum Gasteiger partial charge on any atom is -0.354 e. The first kappa shape index (κ1) is 18.2. The van der Waals surface area contributed by atoms with E-state index in [4.69, 9.17) is 0 Å². The number of carbonyl (C=O) groups is 3. The molecular weight excluding hydrogens is 332 g/mol. The third-order valence-electron chi connectivity index (χ3n) is 4.99. The van der Waals surface area contributed by atoms with Crippen LogP contribution in [0.2, 0.25) is 0 Å². The normalized spacial score (nSPS) is 20.0. The zero-order chi connectivity index (χ0) is 18.7. The van der Waals surface area contributed by atoms with E-state index < -0.39 is 0 Å². The van der Waals surface area contributed by atoms with Crippen molar-refractivity contribution in [1.82, 2.24) is 15.5 Å². The van der Waals surface area contributed by atoms with Crippen molar-refractivity contribution < 1.29 is 14.4 Å². The van der Waals surface area contributed by atoms with Gasteiger partial charge in [0.25, 0.3) is 0 Å². The number of anilines is 1. The fraction of sp³-hybridized carbons (Fsp3) is 0.526. The predicted octanol–water partition coefficient (Wildman–Crippen LogP) is 1.30. The first-order chi connectivity index (χ1) is 12.5. The molecule has 2 saturated heterocycles. The zero-order valence-electron chi connectivity index (χ0n) is 15.3. The quantitative estimate of drug-likeness (QED) is 0.804. The molecule has 2 heterocycles. The van der Waals surface area contributed by atoms with Gasteiger partial charge in [-0.05, 0) is 23.6 Å². The van der Waals surface area contributed by atoms with Crippen LogP contribution in [0, 0.1) is 5.92 Å². The number of rotatable bonds is 6. The monoisotopic (exact) mass is 358 g/mol. The van der Waals surface area contributed by atoms with Gasteiger partial charge in [-0.1, -0.05) is 26.0 Å². The molecule has 0 aliphatic carbocycles. The third kappa shape index (κ3) is 3.98. The molecular formula is C19H26N4O3. The molecule has 0 radical (unpaired) electrons. The number of urea groups is 1. The molecule has 7 heteroatoms. The summed E-state index contributed by atoms with van der Waals surface area (Å²) in [6.07, 6.45) is 0.224. The molecule has 1 atom stereocenters. The van der Waals surface area contributed by atoms with E-state index in [0.717, 1.165) is 5.69 Å². The summed E-state index contributed by atoms with van der Waals surface area (Å²) in [6.45, 7) is 6.85. The average molecular weight is 358 g/mol. The lowest BCUT2D eigenvalue weighted by atomic mass is 10.0. The Labute approximate surface area is 153 Å². The minimum atomic E-state index is -0.348. The molecule has 140 valence electrons. The molecule has 0 unspecified atom stereocenters. The van der Waals surface area contributed by atoms with Crippen LogP contribution in [0.5, 0.6) is 0 Å². The number of carbonyl (C=O) groups excluding carboxylic acids is 3. The van der Waals surface area contributed by atoms with Gasteiger partial charge < -0.3 is 20.4 Å². The molecule has 2 aliphatic heterocycles. The summed E-state index contributed by atoms with van der Waals surface area (Å²) in [4.78, 5) is 39.5. The van der Waals surface area contributed by atoms with E-state index in [-0.39, 0.29) is 30.2 Å². The number of amides is 4. The van der Waals surface area contributed by atoms with Crippen LogP contribution in [-0.2, 0) is 9.59 Å². The first-order valence-electron chi connectivity index (χ1n) is 9.16. The van der Waals surface area contributed by atoms with Crippen molar-refractivity contribution in [3.05, 3.63) is 29.8 Å². The summed E-state index contributed by atoms with van der Waals surface area (Å²) in [5.74, 6) is -0.0603. The topological polar surface area (TPSA) is 81.8 Å². The van der Waals surface area contributed by atoms with E-state index >= 15 is 0 Å². The van der Waals surface area contributed by atoms with Gasteiger partial charge in [0.15, 0.2) is 0 Å². The van der Waals surface area contributed by atoms with E-state index in [9.17, 15) is 14.4 Å². The maximum atomic E-state index is 12.4. The van der Waals surface area contributed by atoms with Gasteiger partial charge in [-0.25, -0.2) is 4.79 Å². The second kappa shape index (κ2) is 7.76. The van der Waals surface area contributed by atoms with Crippen molar-refractivity contribution >= 4 is 23.5 Å². The van der Waals surface area contributed by atoms with Crippen LogP contribution in [-0.4, -0.2) is 55.5 Å². The van der Waals surface area contributed by atoms with E-state index in [2.05, 4.69) is 24.5 Å². The summed E-state index contributed by atoms with van der Waals surface area (Å²) in [5, 5.41) is 5.58. The van der Waals surface area contributed by atoms with Crippen LogP contribution in [0.25, 0.3) is 0 Å². The molecule has 2 N–H and O–H groups in total. The minimum absolute atomic E-state index is 0.0265. The van der Waals surface area contributed by atoms with Crippen molar-refractivity contribution in [1.29, 1.82) is 0 Å². The molecule has 2 aliphatic rings. The Morgan fingerprint density at radius 1 is 1.27 bits per heavy atom. The van der Waals surface area contributed by atoms with Crippen LogP contribution >= 0.6 is 0 Å². The fourth-order valence-corrected chi connectivity index (χ4v) is 3.35. The Hall–Kier alpha value is -2.57. The highest BCUT2D eigenvalue weighted by Crippen LogP contribution is 2.26. The van der Waals surface area contributed by atoms with Gasteiger partial charge in [-0.3, -0.25) is 9.59 Å². The molecule has 4 amide bonds. The SMILES string of the molecule is CC(C)c1ccc(N2C[C@@H](C(=O)NCCN3CCNC3=O)CC2=O)cc1. The van der Waals surface area contributed by atoms with E-state index in [1.54, 1.807) is 9.80 Å². The third-order valence-corrected chi connectivity index (χ3v) is 4.99. The Balaban J connectivity index is 1.51. The molecule has 0 spiro atoms. The number of hydrogen-bond acceptors (Lipinski definition) is 3. The van der Waals surface area contributed by atoms with Crippen molar-refractivity contribution in [3.8, 4) is 0 Å². The van der Waals surface area contributed by atoms with Crippen molar-refractivity contribution in [3.63, 3.8) is 0 Å². The molecule has 26 heavy (non-hydrogen) atoms. The average Bonchev–Trinajstić information content (AvgIpc) is 3.21. The highest BCUT2D eigenvalue weighted by Gasteiger charge is 2.35. The Morgan fingerprint density at radius 2 is 2.00 bits per heavy atom. The van der Waals surface area contributed by atoms with E-state index in [1.807, 2.05) is 24.3 Å². The van der Waals surface area contributed by atoms with Crippen LogP contribution in [0.4, 0.5) is 10.5 Å². The van der Waals surface area contributed by atoms with Crippen LogP contribution < -0.4 is 15.5 Å². The molecule has 7 nitrogen and oxygen atoms in total. The molecule has 1 aromatic carbocycles. The van der Waals surface area contributed by atoms with E-state index in [0.29, 0.717) is 38.6 Å². The predicted molar refractivity (Wildman–Crippen MR) is 99.0 cm³/mol. The second-order valence-electron chi connectivity index (χ2n) is 7.16. The number of nitrogens with zero attached hydrogens (tertiary/aromatic N) is 2. The molecule has 2 fully saturated rings. The molecule has 0 aromatic heterocycles. The zero-order valence-corrected chi connectivity index (χ0v) is 15.3. The van der Waals surface area contributed by atoms with Crippen molar-refractivity contribution in [2.75, 3.05) is 37.6 Å². The lowest BCUT2D eigenvalue weighted by molar-refractivity contribution is -0.126. The largest absolute Gasteiger partial charge is 0.354 e. The molecule has 3 rings (SSSR count). The lowest BCUT2D eigenvalue weighted by Gasteiger charge is -2.18. The maximum Gasteiger partial charge on any atom is 0.317 e. The summed E-state index contributed by atoms with van der Waals surface area (Å²) in [5.41, 5.74) is 2.06. The first-order valence-corrected chi connectivity index (χ1v) is 9.16.